The summed E-state index contributed by atoms with van der Waals surface area (Å²) in [7, 11) is 0. The second kappa shape index (κ2) is 56.4. The Hall–Kier alpha value is -2.92. The van der Waals surface area contributed by atoms with Crippen molar-refractivity contribution in [1.29, 1.82) is 0 Å². The second-order valence-electron chi connectivity index (χ2n) is 18.4. The zero-order chi connectivity index (χ0) is 47.7. The SMILES string of the molecule is CC/C=C\C/C=C\C/C=C\C/C=C\CCC(=O)OC(COCCCCCCCCCCCC/C=C\CCCCCCCC)COC(=O)CCCCCCCCC/C=C\C/C=C\CCCCC. The van der Waals surface area contributed by atoms with E-state index in [4.69, 9.17) is 14.2 Å². The normalized spacial score (nSPS) is 12.8. The Morgan fingerprint density at radius 3 is 1.20 bits per heavy atom. The van der Waals surface area contributed by atoms with Gasteiger partial charge in [0.25, 0.3) is 0 Å². The maximum atomic E-state index is 12.8. The van der Waals surface area contributed by atoms with Gasteiger partial charge in [0.1, 0.15) is 6.61 Å². The van der Waals surface area contributed by atoms with E-state index in [2.05, 4.69) is 99.8 Å². The van der Waals surface area contributed by atoms with Gasteiger partial charge in [0.2, 0.25) is 0 Å². The zero-order valence-electron chi connectivity index (χ0n) is 43.7. The van der Waals surface area contributed by atoms with Crippen LogP contribution in [0.1, 0.15) is 265 Å². The van der Waals surface area contributed by atoms with Crippen LogP contribution in [0.2, 0.25) is 0 Å². The van der Waals surface area contributed by atoms with E-state index in [1.807, 2.05) is 6.08 Å². The Morgan fingerprint density at radius 2 is 0.712 bits per heavy atom. The first kappa shape index (κ1) is 63.1. The third-order valence-corrected chi connectivity index (χ3v) is 11.9. The number of ether oxygens (including phenoxy) is 3. The van der Waals surface area contributed by atoms with E-state index in [1.54, 1.807) is 0 Å². The highest BCUT2D eigenvalue weighted by atomic mass is 16.6. The number of rotatable bonds is 51. The Labute approximate surface area is 409 Å². The molecule has 5 nitrogen and oxygen atoms in total. The van der Waals surface area contributed by atoms with E-state index in [9.17, 15) is 9.59 Å². The third kappa shape index (κ3) is 53.7. The van der Waals surface area contributed by atoms with E-state index in [0.717, 1.165) is 64.2 Å². The van der Waals surface area contributed by atoms with Gasteiger partial charge in [-0.3, -0.25) is 9.59 Å². The summed E-state index contributed by atoms with van der Waals surface area (Å²) in [5, 5.41) is 0. The van der Waals surface area contributed by atoms with Crippen LogP contribution in [0.25, 0.3) is 0 Å². The number of unbranched alkanes of at least 4 members (excludes halogenated alkanes) is 26. The summed E-state index contributed by atoms with van der Waals surface area (Å²) in [6, 6.07) is 0. The van der Waals surface area contributed by atoms with Crippen LogP contribution in [0.15, 0.2) is 85.1 Å². The van der Waals surface area contributed by atoms with Crippen molar-refractivity contribution >= 4 is 11.9 Å². The minimum atomic E-state index is -0.582. The quantitative estimate of drug-likeness (QED) is 0.0346. The van der Waals surface area contributed by atoms with Gasteiger partial charge in [0.05, 0.1) is 6.61 Å². The van der Waals surface area contributed by atoms with Crippen LogP contribution in [-0.4, -0.2) is 37.9 Å². The fourth-order valence-corrected chi connectivity index (χ4v) is 7.73. The summed E-state index contributed by atoms with van der Waals surface area (Å²) in [5.74, 6) is -0.497. The lowest BCUT2D eigenvalue weighted by Gasteiger charge is -2.18. The molecular formula is C61H106O5. The van der Waals surface area contributed by atoms with Crippen molar-refractivity contribution in [2.45, 2.75) is 271 Å². The van der Waals surface area contributed by atoms with Gasteiger partial charge in [-0.2, -0.15) is 0 Å². The van der Waals surface area contributed by atoms with Crippen LogP contribution < -0.4 is 0 Å². The number of carbonyl (C=O) groups is 2. The highest BCUT2D eigenvalue weighted by Crippen LogP contribution is 2.14. The molecule has 0 bridgehead atoms. The van der Waals surface area contributed by atoms with Gasteiger partial charge in [-0.25, -0.2) is 0 Å². The van der Waals surface area contributed by atoms with Crippen molar-refractivity contribution in [1.82, 2.24) is 0 Å². The molecule has 5 heteroatoms. The molecule has 0 aliphatic rings. The highest BCUT2D eigenvalue weighted by molar-refractivity contribution is 5.70. The van der Waals surface area contributed by atoms with Crippen molar-refractivity contribution in [3.63, 3.8) is 0 Å². The van der Waals surface area contributed by atoms with Crippen LogP contribution in [0.3, 0.4) is 0 Å². The molecule has 0 saturated heterocycles. The lowest BCUT2D eigenvalue weighted by atomic mass is 10.1. The molecule has 0 fully saturated rings. The van der Waals surface area contributed by atoms with Crippen LogP contribution >= 0.6 is 0 Å². The average Bonchev–Trinajstić information content (AvgIpc) is 3.32. The molecule has 1 unspecified atom stereocenters. The molecule has 380 valence electrons. The Kier molecular flexibility index (Phi) is 53.9. The van der Waals surface area contributed by atoms with Crippen LogP contribution in [0.5, 0.6) is 0 Å². The summed E-state index contributed by atoms with van der Waals surface area (Å²) in [6.07, 6.45) is 74.8. The second-order valence-corrected chi connectivity index (χ2v) is 18.4. The van der Waals surface area contributed by atoms with Gasteiger partial charge in [0.15, 0.2) is 6.10 Å². The number of hydrogen-bond acceptors (Lipinski definition) is 5. The monoisotopic (exact) mass is 919 g/mol. The molecule has 0 rings (SSSR count). The van der Waals surface area contributed by atoms with E-state index < -0.39 is 6.10 Å². The lowest BCUT2D eigenvalue weighted by Crippen LogP contribution is -2.30. The van der Waals surface area contributed by atoms with E-state index in [-0.39, 0.29) is 25.2 Å². The molecule has 0 aliphatic carbocycles. The van der Waals surface area contributed by atoms with Crippen LogP contribution in [-0.2, 0) is 23.8 Å². The van der Waals surface area contributed by atoms with Gasteiger partial charge in [0, 0.05) is 19.4 Å². The van der Waals surface area contributed by atoms with Crippen molar-refractivity contribution in [2.75, 3.05) is 19.8 Å². The number of esters is 2. The molecule has 0 N–H and O–H groups in total. The predicted molar refractivity (Wildman–Crippen MR) is 288 cm³/mol. The molecule has 1 atom stereocenters. The fraction of sp³-hybridized carbons (Fsp3) is 0.738. The van der Waals surface area contributed by atoms with Gasteiger partial charge in [-0.15, -0.1) is 0 Å². The standard InChI is InChI=1S/C61H106O5/c1-4-7-10-13-16-19-22-25-27-29-30-31-33-35-38-41-44-47-50-53-56-64-57-59(66-61(63)55-52-49-46-43-40-36-24-21-18-15-12-9-6-3)58-65-60(62)54-51-48-45-42-39-37-34-32-28-26-23-20-17-14-11-8-5-2/h9,12,17-18,20-21,25-28,36,40,46,49,59H,4-8,10-11,13-16,19,22-24,29-35,37-39,41-45,47-48,50-58H2,1-3H3/b12-9-,20-17-,21-18-,27-25-,28-26-,40-36-,49-46-. The summed E-state index contributed by atoms with van der Waals surface area (Å²) in [6.45, 7) is 7.61. The Balaban J connectivity index is 4.31. The number of hydrogen-bond donors (Lipinski definition) is 0. The van der Waals surface area contributed by atoms with Gasteiger partial charge in [-0.05, 0) is 103 Å². The van der Waals surface area contributed by atoms with Crippen molar-refractivity contribution in [2.24, 2.45) is 0 Å². The summed E-state index contributed by atoms with van der Waals surface area (Å²) in [4.78, 5) is 25.4. The topological polar surface area (TPSA) is 61.8 Å². The maximum Gasteiger partial charge on any atom is 0.306 e. The summed E-state index contributed by atoms with van der Waals surface area (Å²) in [5.41, 5.74) is 0. The first-order valence-electron chi connectivity index (χ1n) is 28.1. The van der Waals surface area contributed by atoms with Crippen molar-refractivity contribution < 1.29 is 23.8 Å². The highest BCUT2D eigenvalue weighted by Gasteiger charge is 2.17. The van der Waals surface area contributed by atoms with E-state index >= 15 is 0 Å². The minimum absolute atomic E-state index is 0.0498. The first-order valence-corrected chi connectivity index (χ1v) is 28.1. The van der Waals surface area contributed by atoms with E-state index in [0.29, 0.717) is 25.9 Å². The minimum Gasteiger partial charge on any atom is -0.462 e. The van der Waals surface area contributed by atoms with Gasteiger partial charge < -0.3 is 14.2 Å². The van der Waals surface area contributed by atoms with Crippen molar-refractivity contribution in [3.05, 3.63) is 85.1 Å². The molecule has 0 radical (unpaired) electrons. The zero-order valence-corrected chi connectivity index (χ0v) is 43.7. The summed E-state index contributed by atoms with van der Waals surface area (Å²) >= 11 is 0. The molecule has 0 aromatic rings. The molecule has 0 aromatic heterocycles. The number of allylic oxidation sites excluding steroid dienone is 14. The number of carbonyl (C=O) groups excluding carboxylic acids is 2. The predicted octanol–water partition coefficient (Wildman–Crippen LogP) is 19.2. The van der Waals surface area contributed by atoms with Gasteiger partial charge in [-0.1, -0.05) is 234 Å². The molecule has 0 heterocycles. The third-order valence-electron chi connectivity index (χ3n) is 11.9. The Bertz CT molecular complexity index is 1220. The Morgan fingerprint density at radius 1 is 0.348 bits per heavy atom. The molecule has 66 heavy (non-hydrogen) atoms. The average molecular weight is 920 g/mol. The van der Waals surface area contributed by atoms with Crippen LogP contribution in [0.4, 0.5) is 0 Å². The van der Waals surface area contributed by atoms with E-state index in [1.165, 1.54) is 161 Å². The lowest BCUT2D eigenvalue weighted by molar-refractivity contribution is -0.162. The molecule has 0 aromatic carbocycles. The molecule has 0 amide bonds. The molecule has 0 aliphatic heterocycles. The molecule has 0 spiro atoms. The summed E-state index contributed by atoms with van der Waals surface area (Å²) < 4.78 is 17.4. The maximum absolute atomic E-state index is 12.8. The van der Waals surface area contributed by atoms with Crippen molar-refractivity contribution in [3.8, 4) is 0 Å². The first-order chi connectivity index (χ1) is 32.6. The van der Waals surface area contributed by atoms with Crippen LogP contribution in [0, 0.1) is 0 Å². The molecular weight excluding hydrogens is 813 g/mol. The largest absolute Gasteiger partial charge is 0.462 e. The fourth-order valence-electron chi connectivity index (χ4n) is 7.73. The molecule has 0 saturated carbocycles. The van der Waals surface area contributed by atoms with Gasteiger partial charge >= 0.3 is 11.9 Å². The smallest absolute Gasteiger partial charge is 0.306 e.